The zero-order valence-corrected chi connectivity index (χ0v) is 17.0. The van der Waals surface area contributed by atoms with Gasteiger partial charge in [0.05, 0.1) is 18.6 Å². The Morgan fingerprint density at radius 1 is 1.44 bits per heavy atom. The molecule has 1 atom stereocenters. The molecule has 7 nitrogen and oxygen atoms in total. The number of hydrogen-bond acceptors (Lipinski definition) is 6. The lowest BCUT2D eigenvalue weighted by atomic mass is 10.0. The van der Waals surface area contributed by atoms with Crippen LogP contribution in [0.4, 0.5) is 5.95 Å². The number of thioether (sulfide) groups is 1. The van der Waals surface area contributed by atoms with Crippen LogP contribution in [0.25, 0.3) is 0 Å². The molecule has 8 heteroatoms. The van der Waals surface area contributed by atoms with E-state index in [0.717, 1.165) is 55.8 Å². The number of amides is 1. The average Bonchev–Trinajstić information content (AvgIpc) is 3.31. The van der Waals surface area contributed by atoms with Crippen molar-refractivity contribution in [3.8, 4) is 0 Å². The van der Waals surface area contributed by atoms with Gasteiger partial charge < -0.3 is 14.6 Å². The molecule has 0 aromatic carbocycles. The number of furan rings is 1. The number of unbranched alkanes of at least 4 members (excludes halogenated alkanes) is 1. The minimum Gasteiger partial charge on any atom is -0.467 e. The van der Waals surface area contributed by atoms with Gasteiger partial charge in [0, 0.05) is 19.6 Å². The maximum atomic E-state index is 12.1. The van der Waals surface area contributed by atoms with Gasteiger partial charge in [0.15, 0.2) is 5.16 Å². The van der Waals surface area contributed by atoms with Crippen molar-refractivity contribution < 1.29 is 9.21 Å². The molecule has 0 saturated carbocycles. The number of carbonyl (C=O) groups excluding carboxylic acids is 1. The molecule has 0 spiro atoms. The van der Waals surface area contributed by atoms with Crippen molar-refractivity contribution in [3.05, 3.63) is 24.2 Å². The number of anilines is 1. The number of hydrogen-bond donors (Lipinski definition) is 1. The van der Waals surface area contributed by atoms with Crippen LogP contribution < -0.4 is 10.2 Å². The van der Waals surface area contributed by atoms with Gasteiger partial charge in [-0.15, -0.1) is 10.2 Å². The van der Waals surface area contributed by atoms with Crippen LogP contribution in [0.15, 0.2) is 28.0 Å². The molecule has 148 valence electrons. The molecule has 2 aromatic heterocycles. The summed E-state index contributed by atoms with van der Waals surface area (Å²) in [5.74, 6) is 2.75. The van der Waals surface area contributed by atoms with Crippen LogP contribution in [0.2, 0.25) is 0 Å². The first-order chi connectivity index (χ1) is 13.2. The fourth-order valence-corrected chi connectivity index (χ4v) is 4.04. The molecule has 2 aromatic rings. The number of piperidine rings is 1. The minimum atomic E-state index is 0.0362. The van der Waals surface area contributed by atoms with Crippen LogP contribution in [0.3, 0.4) is 0 Å². The van der Waals surface area contributed by atoms with Gasteiger partial charge >= 0.3 is 0 Å². The number of rotatable bonds is 9. The third-order valence-electron chi connectivity index (χ3n) is 4.72. The van der Waals surface area contributed by atoms with E-state index in [1.54, 1.807) is 6.26 Å². The van der Waals surface area contributed by atoms with Gasteiger partial charge in [-0.05, 0) is 37.3 Å². The molecule has 1 saturated heterocycles. The van der Waals surface area contributed by atoms with Gasteiger partial charge in [0.1, 0.15) is 5.76 Å². The lowest BCUT2D eigenvalue weighted by Crippen LogP contribution is -2.36. The van der Waals surface area contributed by atoms with E-state index < -0.39 is 0 Å². The molecule has 1 fully saturated rings. The average molecular weight is 392 g/mol. The van der Waals surface area contributed by atoms with E-state index in [0.29, 0.717) is 18.2 Å². The topological polar surface area (TPSA) is 76.2 Å². The van der Waals surface area contributed by atoms with Crippen LogP contribution in [-0.2, 0) is 11.3 Å². The second-order valence-electron chi connectivity index (χ2n) is 7.13. The summed E-state index contributed by atoms with van der Waals surface area (Å²) in [5, 5.41) is 12.5. The van der Waals surface area contributed by atoms with Crippen LogP contribution in [-0.4, -0.2) is 46.1 Å². The maximum absolute atomic E-state index is 12.1. The van der Waals surface area contributed by atoms with Crippen LogP contribution >= 0.6 is 11.8 Å². The molecule has 1 aliphatic heterocycles. The smallest absolute Gasteiger partial charge is 0.230 e. The van der Waals surface area contributed by atoms with Crippen molar-refractivity contribution in [2.45, 2.75) is 51.2 Å². The second-order valence-corrected chi connectivity index (χ2v) is 8.08. The summed E-state index contributed by atoms with van der Waals surface area (Å²) in [6.45, 7) is 7.66. The molecule has 27 heavy (non-hydrogen) atoms. The first-order valence-corrected chi connectivity index (χ1v) is 10.8. The normalized spacial score (nSPS) is 17.3. The Labute approximate surface area is 164 Å². The predicted molar refractivity (Wildman–Crippen MR) is 107 cm³/mol. The van der Waals surface area contributed by atoms with E-state index in [1.165, 1.54) is 18.2 Å². The first kappa shape index (κ1) is 19.8. The zero-order valence-electron chi connectivity index (χ0n) is 16.2. The molecular weight excluding hydrogens is 362 g/mol. The molecule has 0 aliphatic carbocycles. The molecule has 0 radical (unpaired) electrons. The van der Waals surface area contributed by atoms with Gasteiger partial charge in [0.2, 0.25) is 11.9 Å². The molecular formula is C19H29N5O2S. The highest BCUT2D eigenvalue weighted by Crippen LogP contribution is 2.27. The molecule has 3 heterocycles. The third kappa shape index (κ3) is 5.51. The predicted octanol–water partition coefficient (Wildman–Crippen LogP) is 3.16. The van der Waals surface area contributed by atoms with Gasteiger partial charge in [0.25, 0.3) is 0 Å². The Balaban J connectivity index is 1.71. The van der Waals surface area contributed by atoms with Crippen molar-refractivity contribution >= 4 is 23.6 Å². The summed E-state index contributed by atoms with van der Waals surface area (Å²) in [7, 11) is 0. The number of aromatic nitrogens is 3. The maximum Gasteiger partial charge on any atom is 0.230 e. The summed E-state index contributed by atoms with van der Waals surface area (Å²) in [6.07, 6.45) is 6.17. The fourth-order valence-electron chi connectivity index (χ4n) is 3.28. The monoisotopic (exact) mass is 391 g/mol. The van der Waals surface area contributed by atoms with Gasteiger partial charge in [-0.1, -0.05) is 32.0 Å². The fraction of sp³-hybridized carbons (Fsp3) is 0.632. The molecule has 3 rings (SSSR count). The first-order valence-electron chi connectivity index (χ1n) is 9.77. The molecule has 1 amide bonds. The largest absolute Gasteiger partial charge is 0.467 e. The van der Waals surface area contributed by atoms with Crippen molar-refractivity contribution in [2.24, 2.45) is 5.92 Å². The van der Waals surface area contributed by atoms with E-state index in [1.807, 2.05) is 12.1 Å². The Hall–Kier alpha value is -1.96. The summed E-state index contributed by atoms with van der Waals surface area (Å²) >= 11 is 1.43. The van der Waals surface area contributed by atoms with Crippen LogP contribution in [0, 0.1) is 5.92 Å². The highest BCUT2D eigenvalue weighted by molar-refractivity contribution is 7.99. The van der Waals surface area contributed by atoms with Crippen molar-refractivity contribution in [1.29, 1.82) is 0 Å². The standard InChI is InChI=1S/C19H29N5O2S/c1-3-4-9-20-17(25)14-27-19-22-21-18(23-10-5-7-15(2)12-23)24(19)13-16-8-6-11-26-16/h6,8,11,15H,3-5,7,9-10,12-14H2,1-2H3,(H,20,25). The van der Waals surface area contributed by atoms with E-state index >= 15 is 0 Å². The van der Waals surface area contributed by atoms with Crippen LogP contribution in [0.5, 0.6) is 0 Å². The van der Waals surface area contributed by atoms with Crippen molar-refractivity contribution in [1.82, 2.24) is 20.1 Å². The van der Waals surface area contributed by atoms with E-state index in [2.05, 4.69) is 38.8 Å². The van der Waals surface area contributed by atoms with E-state index in [9.17, 15) is 4.79 Å². The lowest BCUT2D eigenvalue weighted by molar-refractivity contribution is -0.118. The highest BCUT2D eigenvalue weighted by Gasteiger charge is 2.24. The van der Waals surface area contributed by atoms with Gasteiger partial charge in [-0.3, -0.25) is 9.36 Å². The number of nitrogens with zero attached hydrogens (tertiary/aromatic N) is 4. The van der Waals surface area contributed by atoms with Crippen LogP contribution in [0.1, 0.15) is 45.3 Å². The molecule has 1 unspecified atom stereocenters. The minimum absolute atomic E-state index is 0.0362. The Morgan fingerprint density at radius 3 is 3.07 bits per heavy atom. The lowest BCUT2D eigenvalue weighted by Gasteiger charge is -2.31. The number of carbonyl (C=O) groups is 1. The van der Waals surface area contributed by atoms with Crippen molar-refractivity contribution in [3.63, 3.8) is 0 Å². The third-order valence-corrected chi connectivity index (χ3v) is 5.68. The van der Waals surface area contributed by atoms with E-state index in [4.69, 9.17) is 4.42 Å². The second kappa shape index (κ2) is 9.82. The molecule has 1 N–H and O–H groups in total. The highest BCUT2D eigenvalue weighted by atomic mass is 32.2. The summed E-state index contributed by atoms with van der Waals surface area (Å²) < 4.78 is 7.60. The number of nitrogens with one attached hydrogen (secondary N) is 1. The summed E-state index contributed by atoms with van der Waals surface area (Å²) in [5.41, 5.74) is 0. The van der Waals surface area contributed by atoms with Gasteiger partial charge in [-0.25, -0.2) is 0 Å². The van der Waals surface area contributed by atoms with Gasteiger partial charge in [-0.2, -0.15) is 0 Å². The molecule has 1 aliphatic rings. The molecule has 0 bridgehead atoms. The Kier molecular flexibility index (Phi) is 7.20. The van der Waals surface area contributed by atoms with Crippen molar-refractivity contribution in [2.75, 3.05) is 30.3 Å². The van der Waals surface area contributed by atoms with E-state index in [-0.39, 0.29) is 5.91 Å². The summed E-state index contributed by atoms with van der Waals surface area (Å²) in [6, 6.07) is 3.84. The summed E-state index contributed by atoms with van der Waals surface area (Å²) in [4.78, 5) is 14.4. The SMILES string of the molecule is CCCCNC(=O)CSc1nnc(N2CCCC(C)C2)n1Cc1ccco1. The Bertz CT molecular complexity index is 716. The Morgan fingerprint density at radius 2 is 2.33 bits per heavy atom. The quantitative estimate of drug-likeness (QED) is 0.523. The zero-order chi connectivity index (χ0) is 19.1.